The van der Waals surface area contributed by atoms with Crippen molar-refractivity contribution in [1.29, 1.82) is 0 Å². The average molecular weight is 236 g/mol. The van der Waals surface area contributed by atoms with E-state index in [2.05, 4.69) is 10.2 Å². The van der Waals surface area contributed by atoms with E-state index in [0.29, 0.717) is 11.3 Å². The minimum atomic E-state index is -3.62. The van der Waals surface area contributed by atoms with Gasteiger partial charge in [0.1, 0.15) is 0 Å². The molecule has 14 heavy (non-hydrogen) atoms. The van der Waals surface area contributed by atoms with Crippen molar-refractivity contribution in [3.8, 4) is 0 Å². The highest BCUT2D eigenvalue weighted by molar-refractivity contribution is 7.91. The molecule has 0 aliphatic rings. The van der Waals surface area contributed by atoms with Crippen LogP contribution in [0.2, 0.25) is 0 Å². The molecular weight excluding hydrogens is 228 g/mol. The normalized spacial score (nSPS) is 11.9. The van der Waals surface area contributed by atoms with Crippen LogP contribution in [0.25, 0.3) is 0 Å². The van der Waals surface area contributed by atoms with Crippen LogP contribution in [0.3, 0.4) is 0 Å². The zero-order valence-corrected chi connectivity index (χ0v) is 9.09. The fourth-order valence-electron chi connectivity index (χ4n) is 0.570. The molecule has 0 fully saturated rings. The predicted molar refractivity (Wildman–Crippen MR) is 49.3 cm³/mol. The molecular formula is C5H8N4O3S2. The van der Waals surface area contributed by atoms with Crippen LogP contribution in [0, 0.1) is 0 Å². The minimum Gasteiger partial charge on any atom is -0.363 e. The molecule has 0 saturated heterocycles. The van der Waals surface area contributed by atoms with E-state index in [1.165, 1.54) is 14.1 Å². The molecule has 0 saturated carbocycles. The number of rotatable bonds is 3. The van der Waals surface area contributed by atoms with Crippen LogP contribution in [-0.2, 0) is 10.0 Å². The number of carbonyl (C=O) groups is 1. The monoisotopic (exact) mass is 236 g/mol. The maximum atomic E-state index is 11.4. The summed E-state index contributed by atoms with van der Waals surface area (Å²) in [6, 6.07) is 0. The maximum absolute atomic E-state index is 11.4. The summed E-state index contributed by atoms with van der Waals surface area (Å²) in [5.41, 5.74) is 4.91. The van der Waals surface area contributed by atoms with E-state index in [-0.39, 0.29) is 9.35 Å². The molecule has 1 rings (SSSR count). The fraction of sp³-hybridized carbons (Fsp3) is 0.400. The molecule has 2 N–H and O–H groups in total. The van der Waals surface area contributed by atoms with Crippen LogP contribution >= 0.6 is 11.3 Å². The summed E-state index contributed by atoms with van der Waals surface area (Å²) in [6.07, 6.45) is 0. The zero-order valence-electron chi connectivity index (χ0n) is 7.46. The van der Waals surface area contributed by atoms with Gasteiger partial charge in [-0.25, -0.2) is 12.7 Å². The Kier molecular flexibility index (Phi) is 2.83. The van der Waals surface area contributed by atoms with Gasteiger partial charge in [0.25, 0.3) is 15.9 Å². The van der Waals surface area contributed by atoms with Crippen molar-refractivity contribution in [2.45, 2.75) is 4.34 Å². The number of nitrogens with two attached hydrogens (primary N) is 1. The molecule has 0 aliphatic carbocycles. The molecule has 0 aromatic carbocycles. The summed E-state index contributed by atoms with van der Waals surface area (Å²) in [7, 11) is -0.896. The SMILES string of the molecule is CN(C)S(=O)(=O)c1nnc(C(N)=O)s1. The van der Waals surface area contributed by atoms with E-state index in [9.17, 15) is 13.2 Å². The van der Waals surface area contributed by atoms with Crippen LogP contribution in [0.15, 0.2) is 4.34 Å². The van der Waals surface area contributed by atoms with Gasteiger partial charge in [0.05, 0.1) is 0 Å². The summed E-state index contributed by atoms with van der Waals surface area (Å²) < 4.78 is 23.6. The molecule has 9 heteroatoms. The Bertz CT molecular complexity index is 449. The van der Waals surface area contributed by atoms with E-state index in [1.54, 1.807) is 0 Å². The second-order valence-corrected chi connectivity index (χ2v) is 5.83. The van der Waals surface area contributed by atoms with Crippen molar-refractivity contribution in [2.75, 3.05) is 14.1 Å². The van der Waals surface area contributed by atoms with Crippen molar-refractivity contribution in [3.63, 3.8) is 0 Å². The second kappa shape index (κ2) is 3.59. The molecule has 1 heterocycles. The molecule has 78 valence electrons. The van der Waals surface area contributed by atoms with Crippen LogP contribution in [0.1, 0.15) is 9.80 Å². The highest BCUT2D eigenvalue weighted by Gasteiger charge is 2.23. The smallest absolute Gasteiger partial charge is 0.279 e. The molecule has 1 aromatic heterocycles. The molecule has 1 amide bonds. The van der Waals surface area contributed by atoms with Crippen LogP contribution in [0.5, 0.6) is 0 Å². The van der Waals surface area contributed by atoms with Gasteiger partial charge in [-0.1, -0.05) is 11.3 Å². The number of sulfonamides is 1. The lowest BCUT2D eigenvalue weighted by atomic mass is 10.7. The number of hydrogen-bond donors (Lipinski definition) is 1. The van der Waals surface area contributed by atoms with Crippen molar-refractivity contribution < 1.29 is 13.2 Å². The van der Waals surface area contributed by atoms with Crippen LogP contribution in [-0.4, -0.2) is 42.9 Å². The van der Waals surface area contributed by atoms with Gasteiger partial charge in [-0.05, 0) is 0 Å². The second-order valence-electron chi connectivity index (χ2n) is 2.52. The van der Waals surface area contributed by atoms with Gasteiger partial charge >= 0.3 is 0 Å². The van der Waals surface area contributed by atoms with Crippen molar-refractivity contribution in [2.24, 2.45) is 5.73 Å². The number of hydrogen-bond acceptors (Lipinski definition) is 6. The van der Waals surface area contributed by atoms with Gasteiger partial charge in [0.15, 0.2) is 0 Å². The van der Waals surface area contributed by atoms with E-state index >= 15 is 0 Å². The summed E-state index contributed by atoms with van der Waals surface area (Å²) >= 11 is 0.650. The van der Waals surface area contributed by atoms with E-state index in [4.69, 9.17) is 5.73 Å². The van der Waals surface area contributed by atoms with Crippen molar-refractivity contribution in [1.82, 2.24) is 14.5 Å². The van der Waals surface area contributed by atoms with Gasteiger partial charge in [0.2, 0.25) is 9.35 Å². The lowest BCUT2D eigenvalue weighted by molar-refractivity contribution is 0.0999. The minimum absolute atomic E-state index is 0.120. The zero-order chi connectivity index (χ0) is 10.9. The highest BCUT2D eigenvalue weighted by Crippen LogP contribution is 2.17. The Labute approximate surface area is 84.6 Å². The first-order valence-corrected chi connectivity index (χ1v) is 5.67. The lowest BCUT2D eigenvalue weighted by Gasteiger charge is -2.06. The Hall–Kier alpha value is -1.06. The Morgan fingerprint density at radius 1 is 1.43 bits per heavy atom. The maximum Gasteiger partial charge on any atom is 0.279 e. The molecule has 0 bridgehead atoms. The highest BCUT2D eigenvalue weighted by atomic mass is 32.2. The van der Waals surface area contributed by atoms with Crippen molar-refractivity contribution >= 4 is 27.3 Å². The van der Waals surface area contributed by atoms with E-state index in [1.807, 2.05) is 0 Å². The number of nitrogens with zero attached hydrogens (tertiary/aromatic N) is 3. The first kappa shape index (κ1) is 11.0. The summed E-state index contributed by atoms with van der Waals surface area (Å²) in [5.74, 6) is -0.789. The van der Waals surface area contributed by atoms with Crippen LogP contribution in [0.4, 0.5) is 0 Å². The van der Waals surface area contributed by atoms with Crippen molar-refractivity contribution in [3.05, 3.63) is 5.01 Å². The number of carbonyl (C=O) groups excluding carboxylic acids is 1. The summed E-state index contributed by atoms with van der Waals surface area (Å²) in [4.78, 5) is 10.6. The summed E-state index contributed by atoms with van der Waals surface area (Å²) in [6.45, 7) is 0. The van der Waals surface area contributed by atoms with E-state index in [0.717, 1.165) is 4.31 Å². The third-order valence-corrected chi connectivity index (χ3v) is 4.42. The van der Waals surface area contributed by atoms with Gasteiger partial charge in [0, 0.05) is 14.1 Å². The predicted octanol–water partition coefficient (Wildman–Crippen LogP) is -1.11. The largest absolute Gasteiger partial charge is 0.363 e. The molecule has 0 aliphatic heterocycles. The lowest BCUT2D eigenvalue weighted by Crippen LogP contribution is -2.22. The number of primary amides is 1. The molecule has 1 aromatic rings. The molecule has 0 unspecified atom stereocenters. The first-order chi connectivity index (χ1) is 6.35. The number of aromatic nitrogens is 2. The van der Waals surface area contributed by atoms with Gasteiger partial charge < -0.3 is 5.73 Å². The van der Waals surface area contributed by atoms with Gasteiger partial charge in [-0.15, -0.1) is 10.2 Å². The standard InChI is InChI=1S/C5H8N4O3S2/c1-9(2)14(11,12)5-8-7-4(13-5)3(6)10/h1-2H3,(H2,6,10). The third kappa shape index (κ3) is 1.89. The quantitative estimate of drug-likeness (QED) is 0.716. The molecule has 0 atom stereocenters. The third-order valence-electron chi connectivity index (χ3n) is 1.32. The topological polar surface area (TPSA) is 106 Å². The number of amides is 1. The van der Waals surface area contributed by atoms with Crippen LogP contribution < -0.4 is 5.73 Å². The molecule has 7 nitrogen and oxygen atoms in total. The molecule has 0 spiro atoms. The van der Waals surface area contributed by atoms with Gasteiger partial charge in [-0.2, -0.15) is 0 Å². The van der Waals surface area contributed by atoms with E-state index < -0.39 is 15.9 Å². The fourth-order valence-corrected chi connectivity index (χ4v) is 2.56. The average Bonchev–Trinajstić information content (AvgIpc) is 2.51. The van der Waals surface area contributed by atoms with Gasteiger partial charge in [-0.3, -0.25) is 4.79 Å². The Morgan fingerprint density at radius 3 is 2.36 bits per heavy atom. The first-order valence-electron chi connectivity index (χ1n) is 3.41. The Balaban J connectivity index is 3.16. The summed E-state index contributed by atoms with van der Waals surface area (Å²) in [5, 5.41) is 6.60. The Morgan fingerprint density at radius 2 is 2.00 bits per heavy atom. The molecule has 0 radical (unpaired) electrons.